The molecule has 6 heteroatoms. The van der Waals surface area contributed by atoms with Gasteiger partial charge in [-0.05, 0) is 19.8 Å². The molecular weight excluding hydrogens is 232 g/mol. The SMILES string of the molecule is CCOC1CC(NC(=O)c2cncc(NC)n2)C1. The highest BCUT2D eigenvalue weighted by Crippen LogP contribution is 2.23. The Labute approximate surface area is 106 Å². The molecule has 1 saturated carbocycles. The first-order valence-corrected chi connectivity index (χ1v) is 6.15. The fourth-order valence-corrected chi connectivity index (χ4v) is 1.91. The molecule has 1 aromatic rings. The minimum absolute atomic E-state index is 0.181. The number of rotatable bonds is 5. The molecule has 2 rings (SSSR count). The minimum atomic E-state index is -0.181. The molecule has 18 heavy (non-hydrogen) atoms. The van der Waals surface area contributed by atoms with Crippen molar-refractivity contribution in [2.75, 3.05) is 19.0 Å². The van der Waals surface area contributed by atoms with Crippen LogP contribution in [-0.2, 0) is 4.74 Å². The molecule has 0 atom stereocenters. The molecule has 2 N–H and O–H groups in total. The zero-order chi connectivity index (χ0) is 13.0. The lowest BCUT2D eigenvalue weighted by atomic mass is 9.89. The third kappa shape index (κ3) is 2.95. The topological polar surface area (TPSA) is 76.1 Å². The molecular formula is C12H18N4O2. The number of anilines is 1. The van der Waals surface area contributed by atoms with Crippen molar-refractivity contribution < 1.29 is 9.53 Å². The van der Waals surface area contributed by atoms with Gasteiger partial charge >= 0.3 is 0 Å². The molecule has 0 aromatic carbocycles. The van der Waals surface area contributed by atoms with E-state index in [1.165, 1.54) is 6.20 Å². The Kier molecular flexibility index (Phi) is 4.09. The third-order valence-electron chi connectivity index (χ3n) is 2.96. The van der Waals surface area contributed by atoms with E-state index in [1.54, 1.807) is 13.2 Å². The van der Waals surface area contributed by atoms with Gasteiger partial charge < -0.3 is 15.4 Å². The van der Waals surface area contributed by atoms with Gasteiger partial charge in [0, 0.05) is 19.7 Å². The molecule has 0 bridgehead atoms. The highest BCUT2D eigenvalue weighted by molar-refractivity contribution is 5.92. The lowest BCUT2D eigenvalue weighted by Crippen LogP contribution is -2.48. The molecule has 1 amide bonds. The lowest BCUT2D eigenvalue weighted by molar-refractivity contribution is -0.00867. The van der Waals surface area contributed by atoms with Gasteiger partial charge in [-0.25, -0.2) is 4.98 Å². The van der Waals surface area contributed by atoms with E-state index in [-0.39, 0.29) is 18.1 Å². The zero-order valence-electron chi connectivity index (χ0n) is 10.6. The van der Waals surface area contributed by atoms with Gasteiger partial charge in [-0.15, -0.1) is 0 Å². The van der Waals surface area contributed by atoms with Crippen LogP contribution in [-0.4, -0.2) is 41.7 Å². The number of amides is 1. The second kappa shape index (κ2) is 5.77. The van der Waals surface area contributed by atoms with E-state index < -0.39 is 0 Å². The molecule has 1 heterocycles. The van der Waals surface area contributed by atoms with Gasteiger partial charge in [-0.1, -0.05) is 0 Å². The number of nitrogens with one attached hydrogen (secondary N) is 2. The Morgan fingerprint density at radius 2 is 2.28 bits per heavy atom. The number of hydrogen-bond donors (Lipinski definition) is 2. The third-order valence-corrected chi connectivity index (χ3v) is 2.96. The first kappa shape index (κ1) is 12.8. The Bertz CT molecular complexity index is 418. The molecule has 98 valence electrons. The van der Waals surface area contributed by atoms with E-state index in [0.717, 1.165) is 19.4 Å². The molecule has 0 spiro atoms. The summed E-state index contributed by atoms with van der Waals surface area (Å²) in [5.74, 6) is 0.406. The van der Waals surface area contributed by atoms with E-state index in [9.17, 15) is 4.79 Å². The van der Waals surface area contributed by atoms with Crippen LogP contribution in [0.3, 0.4) is 0 Å². The van der Waals surface area contributed by atoms with Gasteiger partial charge in [0.2, 0.25) is 0 Å². The van der Waals surface area contributed by atoms with Gasteiger partial charge in [-0.2, -0.15) is 0 Å². The van der Waals surface area contributed by atoms with Crippen molar-refractivity contribution in [3.8, 4) is 0 Å². The second-order valence-electron chi connectivity index (χ2n) is 4.26. The highest BCUT2D eigenvalue weighted by atomic mass is 16.5. The normalized spacial score (nSPS) is 22.1. The van der Waals surface area contributed by atoms with Crippen molar-refractivity contribution in [1.82, 2.24) is 15.3 Å². The molecule has 1 aromatic heterocycles. The second-order valence-corrected chi connectivity index (χ2v) is 4.26. The van der Waals surface area contributed by atoms with E-state index in [2.05, 4.69) is 20.6 Å². The fraction of sp³-hybridized carbons (Fsp3) is 0.583. The van der Waals surface area contributed by atoms with E-state index >= 15 is 0 Å². The predicted molar refractivity (Wildman–Crippen MR) is 67.5 cm³/mol. The van der Waals surface area contributed by atoms with E-state index in [4.69, 9.17) is 4.74 Å². The van der Waals surface area contributed by atoms with Crippen LogP contribution < -0.4 is 10.6 Å². The van der Waals surface area contributed by atoms with Crippen LogP contribution >= 0.6 is 0 Å². The number of ether oxygens (including phenoxy) is 1. The summed E-state index contributed by atoms with van der Waals surface area (Å²) in [6, 6.07) is 0.189. The van der Waals surface area contributed by atoms with E-state index in [0.29, 0.717) is 11.5 Å². The Hall–Kier alpha value is -1.69. The van der Waals surface area contributed by atoms with Gasteiger partial charge in [-0.3, -0.25) is 9.78 Å². The lowest BCUT2D eigenvalue weighted by Gasteiger charge is -2.35. The van der Waals surface area contributed by atoms with Crippen molar-refractivity contribution in [2.24, 2.45) is 0 Å². The van der Waals surface area contributed by atoms with Gasteiger partial charge in [0.15, 0.2) is 0 Å². The van der Waals surface area contributed by atoms with Crippen LogP contribution in [0.2, 0.25) is 0 Å². The maximum atomic E-state index is 11.9. The molecule has 0 radical (unpaired) electrons. The average molecular weight is 250 g/mol. The van der Waals surface area contributed by atoms with Crippen LogP contribution in [0.1, 0.15) is 30.3 Å². The maximum Gasteiger partial charge on any atom is 0.271 e. The first-order valence-electron chi connectivity index (χ1n) is 6.15. The standard InChI is InChI=1S/C12H18N4O2/c1-3-18-9-4-8(5-9)15-12(17)10-6-14-7-11(13-2)16-10/h6-9H,3-5H2,1-2H3,(H,13,16)(H,15,17). The van der Waals surface area contributed by atoms with Crippen molar-refractivity contribution in [1.29, 1.82) is 0 Å². The van der Waals surface area contributed by atoms with Crippen molar-refractivity contribution in [3.63, 3.8) is 0 Å². The number of carbonyl (C=O) groups is 1. The van der Waals surface area contributed by atoms with Crippen LogP contribution in [0.15, 0.2) is 12.4 Å². The monoisotopic (exact) mass is 250 g/mol. The number of aromatic nitrogens is 2. The largest absolute Gasteiger partial charge is 0.378 e. The smallest absolute Gasteiger partial charge is 0.271 e. The summed E-state index contributed by atoms with van der Waals surface area (Å²) in [6.07, 6.45) is 5.08. The van der Waals surface area contributed by atoms with Crippen LogP contribution in [0.5, 0.6) is 0 Å². The van der Waals surface area contributed by atoms with Gasteiger partial charge in [0.25, 0.3) is 5.91 Å². The summed E-state index contributed by atoms with van der Waals surface area (Å²) in [5, 5.41) is 5.78. The Morgan fingerprint density at radius 1 is 1.50 bits per heavy atom. The fourth-order valence-electron chi connectivity index (χ4n) is 1.91. The molecule has 0 aliphatic heterocycles. The average Bonchev–Trinajstić information content (AvgIpc) is 2.36. The molecule has 1 aliphatic rings. The maximum absolute atomic E-state index is 11.9. The summed E-state index contributed by atoms with van der Waals surface area (Å²) in [4.78, 5) is 20.0. The van der Waals surface area contributed by atoms with Crippen LogP contribution in [0.25, 0.3) is 0 Å². The summed E-state index contributed by atoms with van der Waals surface area (Å²) >= 11 is 0. The van der Waals surface area contributed by atoms with Crippen molar-refractivity contribution in [3.05, 3.63) is 18.1 Å². The minimum Gasteiger partial charge on any atom is -0.378 e. The highest BCUT2D eigenvalue weighted by Gasteiger charge is 2.31. The quantitative estimate of drug-likeness (QED) is 0.809. The summed E-state index contributed by atoms with van der Waals surface area (Å²) in [6.45, 7) is 2.70. The summed E-state index contributed by atoms with van der Waals surface area (Å²) in [7, 11) is 1.74. The molecule has 0 unspecified atom stereocenters. The van der Waals surface area contributed by atoms with Gasteiger partial charge in [0.1, 0.15) is 11.5 Å². The Balaban J connectivity index is 1.85. The van der Waals surface area contributed by atoms with Gasteiger partial charge in [0.05, 0.1) is 18.5 Å². The molecule has 1 aliphatic carbocycles. The summed E-state index contributed by atoms with van der Waals surface area (Å²) in [5.41, 5.74) is 0.335. The van der Waals surface area contributed by atoms with E-state index in [1.807, 2.05) is 6.92 Å². The number of hydrogen-bond acceptors (Lipinski definition) is 5. The molecule has 0 saturated heterocycles. The summed E-state index contributed by atoms with van der Waals surface area (Å²) < 4.78 is 5.44. The number of carbonyl (C=O) groups excluding carboxylic acids is 1. The Morgan fingerprint density at radius 3 is 2.94 bits per heavy atom. The van der Waals surface area contributed by atoms with Crippen molar-refractivity contribution in [2.45, 2.75) is 31.9 Å². The first-order chi connectivity index (χ1) is 8.72. The number of nitrogens with zero attached hydrogens (tertiary/aromatic N) is 2. The van der Waals surface area contributed by atoms with Crippen LogP contribution in [0.4, 0.5) is 5.82 Å². The molecule has 6 nitrogen and oxygen atoms in total. The van der Waals surface area contributed by atoms with Crippen LogP contribution in [0, 0.1) is 0 Å². The molecule has 1 fully saturated rings. The zero-order valence-corrected chi connectivity index (χ0v) is 10.6. The predicted octanol–water partition coefficient (Wildman–Crippen LogP) is 0.816. The van der Waals surface area contributed by atoms with Crippen molar-refractivity contribution >= 4 is 11.7 Å².